The molecule has 130 valence electrons. The van der Waals surface area contributed by atoms with Crippen LogP contribution in [-0.2, 0) is 17.7 Å². The number of halogens is 1. The zero-order valence-electron chi connectivity index (χ0n) is 13.8. The third-order valence-electron chi connectivity index (χ3n) is 4.59. The van der Waals surface area contributed by atoms with Crippen LogP contribution in [-0.4, -0.2) is 53.6 Å². The highest BCUT2D eigenvalue weighted by atomic mass is 19.1. The number of nitrogens with zero attached hydrogens (tertiary/aromatic N) is 4. The number of morpholine rings is 1. The van der Waals surface area contributed by atoms with E-state index < -0.39 is 0 Å². The summed E-state index contributed by atoms with van der Waals surface area (Å²) in [5, 5.41) is 0. The lowest BCUT2D eigenvalue weighted by Gasteiger charge is -2.26. The van der Waals surface area contributed by atoms with Crippen LogP contribution in [0.3, 0.4) is 0 Å². The van der Waals surface area contributed by atoms with Gasteiger partial charge in [-0.1, -0.05) is 12.1 Å². The SMILES string of the molecule is O=C1c2cnc(N3CCOCC3)nc2CN1CCc1ccc(F)cc1. The lowest BCUT2D eigenvalue weighted by molar-refractivity contribution is 0.0779. The lowest BCUT2D eigenvalue weighted by Crippen LogP contribution is -2.37. The molecule has 1 aromatic carbocycles. The van der Waals surface area contributed by atoms with E-state index in [1.165, 1.54) is 12.1 Å². The van der Waals surface area contributed by atoms with Crippen molar-refractivity contribution in [2.75, 3.05) is 37.7 Å². The molecule has 25 heavy (non-hydrogen) atoms. The maximum absolute atomic E-state index is 13.0. The molecule has 1 saturated heterocycles. The predicted octanol–water partition coefficient (Wildman–Crippen LogP) is 1.65. The number of ether oxygens (including phenoxy) is 1. The van der Waals surface area contributed by atoms with Gasteiger partial charge in [-0.2, -0.15) is 0 Å². The second kappa shape index (κ2) is 6.76. The Balaban J connectivity index is 1.44. The molecule has 2 aliphatic heterocycles. The zero-order valence-corrected chi connectivity index (χ0v) is 13.8. The molecular weight excluding hydrogens is 323 g/mol. The summed E-state index contributed by atoms with van der Waals surface area (Å²) >= 11 is 0. The summed E-state index contributed by atoms with van der Waals surface area (Å²) in [6, 6.07) is 6.38. The van der Waals surface area contributed by atoms with Crippen molar-refractivity contribution in [2.45, 2.75) is 13.0 Å². The summed E-state index contributed by atoms with van der Waals surface area (Å²) in [5.74, 6) is 0.375. The van der Waals surface area contributed by atoms with Gasteiger partial charge in [0.25, 0.3) is 5.91 Å². The van der Waals surface area contributed by atoms with Crippen LogP contribution in [0.5, 0.6) is 0 Å². The van der Waals surface area contributed by atoms with Crippen molar-refractivity contribution in [1.82, 2.24) is 14.9 Å². The molecule has 1 fully saturated rings. The summed E-state index contributed by atoms with van der Waals surface area (Å²) < 4.78 is 18.3. The molecule has 0 N–H and O–H groups in total. The van der Waals surface area contributed by atoms with Crippen LogP contribution in [0.15, 0.2) is 30.5 Å². The molecule has 0 unspecified atom stereocenters. The lowest BCUT2D eigenvalue weighted by atomic mass is 10.1. The molecule has 0 spiro atoms. The summed E-state index contributed by atoms with van der Waals surface area (Å²) in [6.07, 6.45) is 2.32. The third kappa shape index (κ3) is 3.32. The van der Waals surface area contributed by atoms with Crippen molar-refractivity contribution >= 4 is 11.9 Å². The van der Waals surface area contributed by atoms with Crippen LogP contribution in [0.4, 0.5) is 10.3 Å². The first kappa shape index (κ1) is 16.0. The minimum atomic E-state index is -0.251. The van der Waals surface area contributed by atoms with Gasteiger partial charge in [-0.05, 0) is 24.1 Å². The Hall–Kier alpha value is -2.54. The Morgan fingerprint density at radius 1 is 1.16 bits per heavy atom. The molecule has 1 amide bonds. The molecule has 0 atom stereocenters. The van der Waals surface area contributed by atoms with Crippen molar-refractivity contribution in [2.24, 2.45) is 0 Å². The highest BCUT2D eigenvalue weighted by Gasteiger charge is 2.30. The van der Waals surface area contributed by atoms with Gasteiger partial charge in [0.15, 0.2) is 0 Å². The quantitative estimate of drug-likeness (QED) is 0.846. The Kier molecular flexibility index (Phi) is 4.31. The maximum atomic E-state index is 13.0. The second-order valence-corrected chi connectivity index (χ2v) is 6.23. The Morgan fingerprint density at radius 2 is 1.92 bits per heavy atom. The van der Waals surface area contributed by atoms with Crippen molar-refractivity contribution in [3.63, 3.8) is 0 Å². The molecule has 0 aliphatic carbocycles. The average Bonchev–Trinajstić information content (AvgIpc) is 2.97. The molecule has 0 radical (unpaired) electrons. The van der Waals surface area contributed by atoms with E-state index in [9.17, 15) is 9.18 Å². The fraction of sp³-hybridized carbons (Fsp3) is 0.389. The number of aromatic nitrogens is 2. The van der Waals surface area contributed by atoms with E-state index >= 15 is 0 Å². The fourth-order valence-corrected chi connectivity index (χ4v) is 3.14. The van der Waals surface area contributed by atoms with Crippen LogP contribution in [0.25, 0.3) is 0 Å². The smallest absolute Gasteiger partial charge is 0.257 e. The molecule has 0 bridgehead atoms. The summed E-state index contributed by atoms with van der Waals surface area (Å²) in [4.78, 5) is 25.3. The normalized spacial score (nSPS) is 17.1. The molecule has 3 heterocycles. The van der Waals surface area contributed by atoms with E-state index in [0.29, 0.717) is 44.2 Å². The minimum absolute atomic E-state index is 0.0364. The topological polar surface area (TPSA) is 58.6 Å². The molecule has 1 aromatic heterocycles. The van der Waals surface area contributed by atoms with Crippen LogP contribution in [0.2, 0.25) is 0 Å². The number of hydrogen-bond acceptors (Lipinski definition) is 5. The summed E-state index contributed by atoms with van der Waals surface area (Å²) in [7, 11) is 0. The molecule has 6 nitrogen and oxygen atoms in total. The number of benzene rings is 1. The van der Waals surface area contributed by atoms with Gasteiger partial charge in [-0.15, -0.1) is 0 Å². The van der Waals surface area contributed by atoms with Crippen LogP contribution >= 0.6 is 0 Å². The summed E-state index contributed by atoms with van der Waals surface area (Å²) in [6.45, 7) is 3.94. The first-order valence-corrected chi connectivity index (χ1v) is 8.43. The number of anilines is 1. The minimum Gasteiger partial charge on any atom is -0.378 e. The molecule has 2 aromatic rings. The molecule has 2 aliphatic rings. The van der Waals surface area contributed by atoms with Gasteiger partial charge < -0.3 is 14.5 Å². The number of carbonyl (C=O) groups excluding carboxylic acids is 1. The van der Waals surface area contributed by atoms with E-state index in [4.69, 9.17) is 4.74 Å². The first-order chi connectivity index (χ1) is 12.2. The number of amides is 1. The van der Waals surface area contributed by atoms with E-state index in [2.05, 4.69) is 14.9 Å². The van der Waals surface area contributed by atoms with Gasteiger partial charge in [0.1, 0.15) is 5.82 Å². The maximum Gasteiger partial charge on any atom is 0.257 e. The van der Waals surface area contributed by atoms with Crippen LogP contribution in [0, 0.1) is 5.82 Å². The standard InChI is InChI=1S/C18H19FN4O2/c19-14-3-1-13(2-4-14)5-6-23-12-16-15(17(23)24)11-20-18(21-16)22-7-9-25-10-8-22/h1-4,11H,5-10,12H2. The van der Waals surface area contributed by atoms with E-state index in [0.717, 1.165) is 24.3 Å². The highest BCUT2D eigenvalue weighted by molar-refractivity contribution is 5.97. The number of hydrogen-bond donors (Lipinski definition) is 0. The van der Waals surface area contributed by atoms with Gasteiger partial charge in [0, 0.05) is 25.8 Å². The molecule has 4 rings (SSSR count). The Labute approximate surface area is 145 Å². The van der Waals surface area contributed by atoms with Gasteiger partial charge in [-0.3, -0.25) is 4.79 Å². The number of fused-ring (bicyclic) bond motifs is 1. The van der Waals surface area contributed by atoms with Crippen molar-refractivity contribution in [3.05, 3.63) is 53.1 Å². The molecule has 7 heteroatoms. The molecular formula is C18H19FN4O2. The van der Waals surface area contributed by atoms with Gasteiger partial charge >= 0.3 is 0 Å². The number of carbonyl (C=O) groups is 1. The monoisotopic (exact) mass is 342 g/mol. The van der Waals surface area contributed by atoms with Crippen molar-refractivity contribution in [3.8, 4) is 0 Å². The van der Waals surface area contributed by atoms with Crippen LogP contribution < -0.4 is 4.90 Å². The largest absolute Gasteiger partial charge is 0.378 e. The van der Waals surface area contributed by atoms with Crippen molar-refractivity contribution < 1.29 is 13.9 Å². The van der Waals surface area contributed by atoms with E-state index in [-0.39, 0.29) is 11.7 Å². The second-order valence-electron chi connectivity index (χ2n) is 6.23. The Morgan fingerprint density at radius 3 is 2.68 bits per heavy atom. The zero-order chi connectivity index (χ0) is 17.2. The average molecular weight is 342 g/mol. The third-order valence-corrected chi connectivity index (χ3v) is 4.59. The van der Waals surface area contributed by atoms with Gasteiger partial charge in [0.05, 0.1) is 31.0 Å². The van der Waals surface area contributed by atoms with Gasteiger partial charge in [-0.25, -0.2) is 14.4 Å². The van der Waals surface area contributed by atoms with Crippen LogP contribution in [0.1, 0.15) is 21.6 Å². The van der Waals surface area contributed by atoms with Crippen molar-refractivity contribution in [1.29, 1.82) is 0 Å². The fourth-order valence-electron chi connectivity index (χ4n) is 3.14. The molecule has 0 saturated carbocycles. The Bertz CT molecular complexity index is 775. The van der Waals surface area contributed by atoms with E-state index in [1.54, 1.807) is 23.2 Å². The predicted molar refractivity (Wildman–Crippen MR) is 89.9 cm³/mol. The number of rotatable bonds is 4. The summed E-state index contributed by atoms with van der Waals surface area (Å²) in [5.41, 5.74) is 2.36. The highest BCUT2D eigenvalue weighted by Crippen LogP contribution is 2.23. The van der Waals surface area contributed by atoms with Gasteiger partial charge in [0.2, 0.25) is 5.95 Å². The van der Waals surface area contributed by atoms with E-state index in [1.807, 2.05) is 0 Å². The first-order valence-electron chi connectivity index (χ1n) is 8.43.